The van der Waals surface area contributed by atoms with Gasteiger partial charge in [0, 0.05) is 69.8 Å². The molecule has 1 aliphatic heterocycles. The molecule has 190 valence electrons. The highest BCUT2D eigenvalue weighted by Gasteiger charge is 2.22. The number of amides is 1. The summed E-state index contributed by atoms with van der Waals surface area (Å²) in [6.45, 7) is 6.11. The molecule has 0 spiro atoms. The smallest absolute Gasteiger partial charge is 0.260 e. The van der Waals surface area contributed by atoms with Gasteiger partial charge in [0.2, 0.25) is 5.91 Å². The summed E-state index contributed by atoms with van der Waals surface area (Å²) in [7, 11) is 4.13. The highest BCUT2D eigenvalue weighted by atomic mass is 16.1. The van der Waals surface area contributed by atoms with E-state index in [0.29, 0.717) is 12.0 Å². The SMILES string of the molecule is CC(=O)NC1CCC(Nc2cc[nH]c(=O)c2C=O)CC1.CNc1ccc(N2CCN(C)CC2)cc1. The molecule has 1 aromatic heterocycles. The van der Waals surface area contributed by atoms with Crippen molar-refractivity contribution >= 4 is 29.3 Å². The Hall–Kier alpha value is -3.33. The van der Waals surface area contributed by atoms with Gasteiger partial charge in [0.25, 0.3) is 5.56 Å². The van der Waals surface area contributed by atoms with E-state index in [9.17, 15) is 14.4 Å². The van der Waals surface area contributed by atoms with Gasteiger partial charge in [0.1, 0.15) is 5.56 Å². The van der Waals surface area contributed by atoms with Gasteiger partial charge >= 0.3 is 0 Å². The second-order valence-corrected chi connectivity index (χ2v) is 9.23. The minimum Gasteiger partial charge on any atom is -0.388 e. The van der Waals surface area contributed by atoms with Gasteiger partial charge in [-0.05, 0) is 63.1 Å². The Morgan fingerprint density at radius 1 is 1.00 bits per heavy atom. The lowest BCUT2D eigenvalue weighted by atomic mass is 9.91. The van der Waals surface area contributed by atoms with Crippen molar-refractivity contribution in [1.29, 1.82) is 0 Å². The van der Waals surface area contributed by atoms with E-state index in [1.165, 1.54) is 24.5 Å². The number of carbonyl (C=O) groups excluding carboxylic acids is 2. The third-order valence-electron chi connectivity index (χ3n) is 6.64. The van der Waals surface area contributed by atoms with Gasteiger partial charge in [-0.3, -0.25) is 14.4 Å². The molecule has 2 fully saturated rings. The number of carbonyl (C=O) groups is 2. The van der Waals surface area contributed by atoms with Crippen LogP contribution >= 0.6 is 0 Å². The minimum atomic E-state index is -0.378. The Labute approximate surface area is 207 Å². The summed E-state index contributed by atoms with van der Waals surface area (Å²) >= 11 is 0. The Morgan fingerprint density at radius 3 is 2.20 bits per heavy atom. The highest BCUT2D eigenvalue weighted by molar-refractivity contribution is 5.83. The van der Waals surface area contributed by atoms with Crippen LogP contribution in [0.25, 0.3) is 0 Å². The first-order valence-corrected chi connectivity index (χ1v) is 12.3. The van der Waals surface area contributed by atoms with Gasteiger partial charge in [-0.1, -0.05) is 0 Å². The summed E-state index contributed by atoms with van der Waals surface area (Å²) in [5.41, 5.74) is 2.84. The standard InChI is InChI=1S/C14H19N3O3.C12H19N3/c1-9(19)16-10-2-4-11(5-3-10)17-13-6-7-15-14(20)12(13)8-18;1-13-11-3-5-12(6-4-11)15-9-7-14(2)8-10-15/h6-8,10-11H,2-5H2,1H3,(H,16,19)(H2,15,17,20);3-6,13H,7-10H2,1-2H3. The molecule has 1 amide bonds. The number of aldehydes is 1. The van der Waals surface area contributed by atoms with Crippen molar-refractivity contribution in [2.75, 3.05) is 55.8 Å². The van der Waals surface area contributed by atoms with E-state index < -0.39 is 0 Å². The second kappa shape index (κ2) is 12.9. The molecule has 1 aromatic carbocycles. The summed E-state index contributed by atoms with van der Waals surface area (Å²) in [4.78, 5) is 40.8. The highest BCUT2D eigenvalue weighted by Crippen LogP contribution is 2.23. The Kier molecular flexibility index (Phi) is 9.72. The number of hydrogen-bond donors (Lipinski definition) is 4. The normalized spacial score (nSPS) is 20.3. The van der Waals surface area contributed by atoms with Crippen molar-refractivity contribution in [2.24, 2.45) is 0 Å². The number of nitrogens with zero attached hydrogens (tertiary/aromatic N) is 2. The Balaban J connectivity index is 0.000000203. The maximum atomic E-state index is 11.5. The molecule has 0 unspecified atom stereocenters. The lowest BCUT2D eigenvalue weighted by Crippen LogP contribution is -2.44. The first-order chi connectivity index (χ1) is 16.9. The van der Waals surface area contributed by atoms with Crippen LogP contribution in [0.1, 0.15) is 43.0 Å². The Morgan fingerprint density at radius 2 is 1.63 bits per heavy atom. The molecule has 2 heterocycles. The maximum Gasteiger partial charge on any atom is 0.260 e. The number of H-pyrrole nitrogens is 1. The van der Waals surface area contributed by atoms with Crippen molar-refractivity contribution in [3.05, 3.63) is 52.4 Å². The number of aromatic nitrogens is 1. The zero-order chi connectivity index (χ0) is 25.2. The molecule has 1 aliphatic carbocycles. The van der Waals surface area contributed by atoms with Crippen LogP contribution in [0.4, 0.5) is 17.1 Å². The predicted molar refractivity (Wildman–Crippen MR) is 142 cm³/mol. The van der Waals surface area contributed by atoms with Crippen LogP contribution in [0, 0.1) is 0 Å². The monoisotopic (exact) mass is 482 g/mol. The molecule has 1 saturated heterocycles. The molecule has 0 bridgehead atoms. The summed E-state index contributed by atoms with van der Waals surface area (Å²) in [5.74, 6) is -0.000700. The van der Waals surface area contributed by atoms with Gasteiger partial charge < -0.3 is 30.7 Å². The summed E-state index contributed by atoms with van der Waals surface area (Å²) < 4.78 is 0. The maximum absolute atomic E-state index is 11.5. The number of nitrogens with one attached hydrogen (secondary N) is 4. The number of piperazine rings is 1. The molecule has 9 nitrogen and oxygen atoms in total. The van der Waals surface area contributed by atoms with Crippen LogP contribution in [0.2, 0.25) is 0 Å². The molecular formula is C26H38N6O3. The van der Waals surface area contributed by atoms with Gasteiger partial charge in [0.15, 0.2) is 6.29 Å². The zero-order valence-corrected chi connectivity index (χ0v) is 21.0. The van der Waals surface area contributed by atoms with Crippen molar-refractivity contribution in [1.82, 2.24) is 15.2 Å². The number of aromatic amines is 1. The van der Waals surface area contributed by atoms with Crippen LogP contribution in [0.5, 0.6) is 0 Å². The quantitative estimate of drug-likeness (QED) is 0.469. The second-order valence-electron chi connectivity index (χ2n) is 9.23. The lowest BCUT2D eigenvalue weighted by molar-refractivity contribution is -0.119. The van der Waals surface area contributed by atoms with E-state index >= 15 is 0 Å². The molecule has 2 aromatic rings. The van der Waals surface area contributed by atoms with Crippen LogP contribution in [-0.4, -0.2) is 74.4 Å². The van der Waals surface area contributed by atoms with E-state index in [1.54, 1.807) is 6.07 Å². The number of benzene rings is 1. The number of pyridine rings is 1. The van der Waals surface area contributed by atoms with E-state index in [2.05, 4.69) is 62.0 Å². The first-order valence-electron chi connectivity index (χ1n) is 12.3. The van der Waals surface area contributed by atoms with E-state index in [0.717, 1.165) is 51.9 Å². The minimum absolute atomic E-state index is 0.000700. The van der Waals surface area contributed by atoms with Gasteiger partial charge in [-0.2, -0.15) is 0 Å². The third-order valence-corrected chi connectivity index (χ3v) is 6.64. The Bertz CT molecular complexity index is 1010. The molecule has 9 heteroatoms. The molecule has 2 aliphatic rings. The van der Waals surface area contributed by atoms with Crippen molar-refractivity contribution in [2.45, 2.75) is 44.7 Å². The third kappa shape index (κ3) is 7.85. The number of rotatable bonds is 6. The topological polar surface area (TPSA) is 110 Å². The van der Waals surface area contributed by atoms with Crippen molar-refractivity contribution in [3.8, 4) is 0 Å². The van der Waals surface area contributed by atoms with Crippen molar-refractivity contribution < 1.29 is 9.59 Å². The largest absolute Gasteiger partial charge is 0.388 e. The number of likely N-dealkylation sites (N-methyl/N-ethyl adjacent to an activating group) is 1. The van der Waals surface area contributed by atoms with E-state index in [4.69, 9.17) is 0 Å². The fraction of sp³-hybridized carbons (Fsp3) is 0.500. The molecule has 0 radical (unpaired) electrons. The molecule has 0 atom stereocenters. The van der Waals surface area contributed by atoms with Crippen LogP contribution in [0.15, 0.2) is 41.3 Å². The van der Waals surface area contributed by atoms with Crippen molar-refractivity contribution in [3.63, 3.8) is 0 Å². The first kappa shape index (κ1) is 26.3. The predicted octanol–water partition coefficient (Wildman–Crippen LogP) is 2.53. The number of anilines is 3. The number of hydrogen-bond acceptors (Lipinski definition) is 7. The summed E-state index contributed by atoms with van der Waals surface area (Å²) in [6, 6.07) is 10.8. The average Bonchev–Trinajstić information content (AvgIpc) is 2.86. The molecule has 35 heavy (non-hydrogen) atoms. The fourth-order valence-electron chi connectivity index (χ4n) is 4.53. The van der Waals surface area contributed by atoms with Crippen LogP contribution < -0.4 is 26.4 Å². The summed E-state index contributed by atoms with van der Waals surface area (Å²) in [5, 5.41) is 9.31. The summed E-state index contributed by atoms with van der Waals surface area (Å²) in [6.07, 6.45) is 5.70. The van der Waals surface area contributed by atoms with Crippen LogP contribution in [0.3, 0.4) is 0 Å². The lowest BCUT2D eigenvalue weighted by Gasteiger charge is -2.34. The molecule has 4 N–H and O–H groups in total. The zero-order valence-electron chi connectivity index (χ0n) is 21.0. The van der Waals surface area contributed by atoms with Crippen LogP contribution in [-0.2, 0) is 4.79 Å². The fourth-order valence-corrected chi connectivity index (χ4v) is 4.53. The molecular weight excluding hydrogens is 444 g/mol. The van der Waals surface area contributed by atoms with Gasteiger partial charge in [-0.15, -0.1) is 0 Å². The molecule has 1 saturated carbocycles. The van der Waals surface area contributed by atoms with E-state index in [-0.39, 0.29) is 29.1 Å². The van der Waals surface area contributed by atoms with E-state index in [1.807, 2.05) is 7.05 Å². The van der Waals surface area contributed by atoms with Gasteiger partial charge in [0.05, 0.1) is 5.69 Å². The molecule has 4 rings (SSSR count). The average molecular weight is 483 g/mol. The van der Waals surface area contributed by atoms with Gasteiger partial charge in [-0.25, -0.2) is 0 Å².